The standard InChI is InChI=1S/C15H16O2.C15H16.C8H10.5C2H6/c1-16-14-7-3-12(4-8-14)11-13-5-9-15(17-2)10-6-13;1-12-3-7-14(8-4-12)11-15-9-5-13(2)6-10-15;1-7-3-5-8(2)6-4-7;5*1-2/h3-10H,11H2,1-2H3;3-10H,11H2,1-2H3;3-6H,1-2H3;5*1-2H3. The van der Waals surface area contributed by atoms with Gasteiger partial charge in [-0.1, -0.05) is 189 Å². The molecule has 0 bridgehead atoms. The van der Waals surface area contributed by atoms with E-state index in [1.165, 1.54) is 44.5 Å². The molecule has 5 rings (SSSR count). The minimum Gasteiger partial charge on any atom is -0.497 e. The Morgan fingerprint density at radius 3 is 0.620 bits per heavy atom. The number of benzene rings is 5. The number of aryl methyl sites for hydroxylation is 4. The number of ether oxygens (including phenoxy) is 2. The van der Waals surface area contributed by atoms with E-state index in [9.17, 15) is 0 Å². The van der Waals surface area contributed by atoms with Gasteiger partial charge in [-0.2, -0.15) is 0 Å². The third kappa shape index (κ3) is 23.9. The highest BCUT2D eigenvalue weighted by molar-refractivity contribution is 5.34. The molecule has 2 heteroatoms. The minimum absolute atomic E-state index is 0.892. The monoisotopic (exact) mass is 681 g/mol. The van der Waals surface area contributed by atoms with Crippen LogP contribution in [0.15, 0.2) is 121 Å². The second-order valence-electron chi connectivity index (χ2n) is 10.2. The Morgan fingerprint density at radius 1 is 0.280 bits per heavy atom. The first-order chi connectivity index (χ1) is 24.3. The molecule has 0 radical (unpaired) electrons. The minimum atomic E-state index is 0.892. The average molecular weight is 681 g/mol. The van der Waals surface area contributed by atoms with Crippen molar-refractivity contribution in [1.82, 2.24) is 0 Å². The van der Waals surface area contributed by atoms with E-state index in [0.29, 0.717) is 0 Å². The molecule has 5 aromatic carbocycles. The summed E-state index contributed by atoms with van der Waals surface area (Å²) in [5, 5.41) is 0. The number of hydrogen-bond acceptors (Lipinski definition) is 2. The van der Waals surface area contributed by atoms with E-state index in [4.69, 9.17) is 9.47 Å². The predicted octanol–water partition coefficient (Wildman–Crippen LogP) is 14.6. The van der Waals surface area contributed by atoms with Gasteiger partial charge in [0, 0.05) is 0 Å². The van der Waals surface area contributed by atoms with E-state index in [0.717, 1.165) is 24.3 Å². The molecule has 0 spiro atoms. The molecule has 0 aliphatic carbocycles. The first kappa shape index (κ1) is 50.1. The second-order valence-corrected chi connectivity index (χ2v) is 10.2. The molecular weight excluding hydrogens is 609 g/mol. The van der Waals surface area contributed by atoms with Crippen LogP contribution in [-0.4, -0.2) is 14.2 Å². The molecule has 0 aliphatic rings. The van der Waals surface area contributed by atoms with Crippen molar-refractivity contribution < 1.29 is 9.47 Å². The van der Waals surface area contributed by atoms with Gasteiger partial charge >= 0.3 is 0 Å². The van der Waals surface area contributed by atoms with Gasteiger partial charge in [-0.3, -0.25) is 0 Å². The highest BCUT2D eigenvalue weighted by Gasteiger charge is 1.98. The van der Waals surface area contributed by atoms with E-state index in [1.54, 1.807) is 14.2 Å². The topological polar surface area (TPSA) is 18.5 Å². The van der Waals surface area contributed by atoms with Crippen LogP contribution in [0.4, 0.5) is 0 Å². The zero-order valence-electron chi connectivity index (χ0n) is 34.8. The molecule has 0 aromatic heterocycles. The molecular formula is C48H72O2. The van der Waals surface area contributed by atoms with Crippen molar-refractivity contribution in [2.45, 2.75) is 110 Å². The van der Waals surface area contributed by atoms with Gasteiger partial charge in [0.1, 0.15) is 11.5 Å². The zero-order chi connectivity index (χ0) is 38.7. The summed E-state index contributed by atoms with van der Waals surface area (Å²) < 4.78 is 10.3. The molecule has 0 heterocycles. The normalized spacial score (nSPS) is 8.56. The summed E-state index contributed by atoms with van der Waals surface area (Å²) in [6.07, 6.45) is 1.95. The molecule has 0 saturated carbocycles. The molecule has 5 aromatic rings. The Kier molecular flexibility index (Phi) is 34.6. The van der Waals surface area contributed by atoms with Crippen LogP contribution < -0.4 is 9.47 Å². The number of methoxy groups -OCH3 is 2. The molecule has 0 N–H and O–H groups in total. The lowest BCUT2D eigenvalue weighted by molar-refractivity contribution is 0.414. The van der Waals surface area contributed by atoms with Gasteiger partial charge < -0.3 is 9.47 Å². The van der Waals surface area contributed by atoms with Crippen molar-refractivity contribution in [2.24, 2.45) is 0 Å². The summed E-state index contributed by atoms with van der Waals surface area (Å²) in [5.74, 6) is 1.78. The van der Waals surface area contributed by atoms with E-state index in [1.807, 2.05) is 93.5 Å². The lowest BCUT2D eigenvalue weighted by Crippen LogP contribution is -1.89. The van der Waals surface area contributed by atoms with Crippen molar-refractivity contribution >= 4 is 0 Å². The molecule has 50 heavy (non-hydrogen) atoms. The Bertz CT molecular complexity index is 1270. The highest BCUT2D eigenvalue weighted by Crippen LogP contribution is 2.17. The summed E-state index contributed by atoms with van der Waals surface area (Å²) in [7, 11) is 3.36. The maximum Gasteiger partial charge on any atom is 0.118 e. The summed E-state index contributed by atoms with van der Waals surface area (Å²) in [6.45, 7) is 28.4. The number of hydrogen-bond donors (Lipinski definition) is 0. The second kappa shape index (κ2) is 34.6. The summed E-state index contributed by atoms with van der Waals surface area (Å²) >= 11 is 0. The maximum absolute atomic E-state index is 5.13. The van der Waals surface area contributed by atoms with Gasteiger partial charge in [-0.25, -0.2) is 0 Å². The Balaban J connectivity index is -0.000000610. The predicted molar refractivity (Wildman–Crippen MR) is 227 cm³/mol. The molecule has 0 fully saturated rings. The Hall–Kier alpha value is -4.30. The Morgan fingerprint density at radius 2 is 0.440 bits per heavy atom. The van der Waals surface area contributed by atoms with Crippen molar-refractivity contribution in [1.29, 1.82) is 0 Å². The quantitative estimate of drug-likeness (QED) is 0.178. The van der Waals surface area contributed by atoms with Crippen molar-refractivity contribution in [3.05, 3.63) is 166 Å². The van der Waals surface area contributed by atoms with Gasteiger partial charge in [0.25, 0.3) is 0 Å². The molecule has 0 atom stereocenters. The van der Waals surface area contributed by atoms with Crippen LogP contribution in [0.3, 0.4) is 0 Å². The van der Waals surface area contributed by atoms with Gasteiger partial charge in [-0.15, -0.1) is 0 Å². The fraction of sp³-hybridized carbons (Fsp3) is 0.375. The molecule has 0 amide bonds. The van der Waals surface area contributed by atoms with Crippen LogP contribution in [0.2, 0.25) is 0 Å². The van der Waals surface area contributed by atoms with Gasteiger partial charge in [0.05, 0.1) is 14.2 Å². The lowest BCUT2D eigenvalue weighted by atomic mass is 10.0. The molecule has 0 aliphatic heterocycles. The summed E-state index contributed by atoms with van der Waals surface area (Å²) in [6, 6.07) is 42.3. The largest absolute Gasteiger partial charge is 0.497 e. The molecule has 0 unspecified atom stereocenters. The van der Waals surface area contributed by atoms with Crippen LogP contribution in [-0.2, 0) is 12.8 Å². The zero-order valence-corrected chi connectivity index (χ0v) is 34.8. The summed E-state index contributed by atoms with van der Waals surface area (Å²) in [4.78, 5) is 0. The van der Waals surface area contributed by atoms with Crippen LogP contribution in [0, 0.1) is 27.7 Å². The third-order valence-electron chi connectivity index (χ3n) is 6.59. The van der Waals surface area contributed by atoms with Crippen LogP contribution in [0.5, 0.6) is 11.5 Å². The SMILES string of the molecule is CC.CC.CC.CC.CC.COc1ccc(Cc2ccc(OC)cc2)cc1.Cc1ccc(C)cc1.Cc1ccc(Cc2ccc(C)cc2)cc1. The van der Waals surface area contributed by atoms with E-state index < -0.39 is 0 Å². The average Bonchev–Trinajstić information content (AvgIpc) is 3.20. The van der Waals surface area contributed by atoms with E-state index >= 15 is 0 Å². The maximum atomic E-state index is 5.13. The fourth-order valence-corrected chi connectivity index (χ4v) is 4.01. The first-order valence-electron chi connectivity index (χ1n) is 18.7. The van der Waals surface area contributed by atoms with Gasteiger partial charge in [-0.05, 0) is 87.1 Å². The van der Waals surface area contributed by atoms with Crippen molar-refractivity contribution in [2.75, 3.05) is 14.2 Å². The molecule has 0 saturated heterocycles. The van der Waals surface area contributed by atoms with Crippen LogP contribution in [0.1, 0.15) is 114 Å². The third-order valence-corrected chi connectivity index (χ3v) is 6.59. The van der Waals surface area contributed by atoms with Crippen LogP contribution in [0.25, 0.3) is 0 Å². The van der Waals surface area contributed by atoms with Crippen molar-refractivity contribution in [3.8, 4) is 11.5 Å². The summed E-state index contributed by atoms with van der Waals surface area (Å²) in [5.41, 5.74) is 10.6. The van der Waals surface area contributed by atoms with E-state index in [2.05, 4.69) is 125 Å². The first-order valence-corrected chi connectivity index (χ1v) is 18.7. The van der Waals surface area contributed by atoms with Gasteiger partial charge in [0.2, 0.25) is 0 Å². The smallest absolute Gasteiger partial charge is 0.118 e. The molecule has 276 valence electrons. The van der Waals surface area contributed by atoms with Crippen LogP contribution >= 0.6 is 0 Å². The van der Waals surface area contributed by atoms with E-state index in [-0.39, 0.29) is 0 Å². The fourth-order valence-electron chi connectivity index (χ4n) is 4.01. The molecule has 2 nitrogen and oxygen atoms in total. The number of rotatable bonds is 6. The highest BCUT2D eigenvalue weighted by atomic mass is 16.5. The van der Waals surface area contributed by atoms with Crippen molar-refractivity contribution in [3.63, 3.8) is 0 Å². The lowest BCUT2D eigenvalue weighted by Gasteiger charge is -2.05. The Labute approximate surface area is 309 Å². The van der Waals surface area contributed by atoms with Gasteiger partial charge in [0.15, 0.2) is 0 Å².